The minimum atomic E-state index is 0.321. The van der Waals surface area contributed by atoms with Gasteiger partial charge >= 0.3 is 0 Å². The van der Waals surface area contributed by atoms with Crippen LogP contribution in [0.15, 0.2) is 30.3 Å². The van der Waals surface area contributed by atoms with Crippen molar-refractivity contribution >= 4 is 28.9 Å². The number of hydrogen-bond donors (Lipinski definition) is 1. The van der Waals surface area contributed by atoms with Gasteiger partial charge in [0.15, 0.2) is 10.3 Å². The third-order valence-electron chi connectivity index (χ3n) is 2.28. The molecule has 0 unspecified atom stereocenters. The smallest absolute Gasteiger partial charge is 0.174 e. The largest absolute Gasteiger partial charge is 0.378 e. The van der Waals surface area contributed by atoms with Gasteiger partial charge in [0.2, 0.25) is 0 Å². The van der Waals surface area contributed by atoms with Gasteiger partial charge in [-0.15, -0.1) is 10.2 Å². The number of nitrogens with one attached hydrogen (secondary N) is 1. The van der Waals surface area contributed by atoms with Gasteiger partial charge in [-0.2, -0.15) is 0 Å². The molecule has 0 saturated heterocycles. The van der Waals surface area contributed by atoms with Crippen molar-refractivity contribution in [2.75, 3.05) is 5.32 Å². The predicted molar refractivity (Wildman–Crippen MR) is 70.6 cm³/mol. The maximum Gasteiger partial charge on any atom is 0.174 e. The highest BCUT2D eigenvalue weighted by atomic mass is 35.5. The number of halogens is 2. The Kier molecular flexibility index (Phi) is 3.82. The molecule has 0 amide bonds. The van der Waals surface area contributed by atoms with Gasteiger partial charge < -0.3 is 5.32 Å². The second-order valence-corrected chi connectivity index (χ2v) is 4.46. The minimum Gasteiger partial charge on any atom is -0.378 e. The van der Waals surface area contributed by atoms with Crippen LogP contribution in [0.25, 0.3) is 0 Å². The first-order valence-electron chi connectivity index (χ1n) is 5.13. The zero-order chi connectivity index (χ0) is 12.3. The van der Waals surface area contributed by atoms with E-state index in [9.17, 15) is 0 Å². The van der Waals surface area contributed by atoms with E-state index in [-0.39, 0.29) is 0 Å². The van der Waals surface area contributed by atoms with Crippen molar-refractivity contribution in [3.63, 3.8) is 0 Å². The number of rotatable bonds is 3. The van der Waals surface area contributed by atoms with Crippen LogP contribution in [-0.2, 0) is 6.54 Å². The first-order chi connectivity index (χ1) is 8.15. The Morgan fingerprint density at radius 3 is 2.76 bits per heavy atom. The Bertz CT molecular complexity index is 529. The normalized spacial score (nSPS) is 10.3. The molecule has 17 heavy (non-hydrogen) atoms. The van der Waals surface area contributed by atoms with Gasteiger partial charge in [0.05, 0.1) is 5.69 Å². The van der Waals surface area contributed by atoms with Gasteiger partial charge in [0, 0.05) is 12.6 Å². The van der Waals surface area contributed by atoms with Crippen molar-refractivity contribution in [2.24, 2.45) is 0 Å². The Labute approximate surface area is 110 Å². The molecule has 0 saturated carbocycles. The highest BCUT2D eigenvalue weighted by Crippen LogP contribution is 2.21. The van der Waals surface area contributed by atoms with E-state index in [0.717, 1.165) is 0 Å². The van der Waals surface area contributed by atoms with E-state index in [0.29, 0.717) is 22.5 Å². The molecular formula is C12H11Cl2N3. The number of aromatic nitrogens is 2. The summed E-state index contributed by atoms with van der Waals surface area (Å²) in [5.41, 5.74) is 3.09. The van der Waals surface area contributed by atoms with Crippen LogP contribution in [0, 0.1) is 6.92 Å². The summed E-state index contributed by atoms with van der Waals surface area (Å²) in [6.45, 7) is 2.73. The number of anilines is 1. The van der Waals surface area contributed by atoms with Crippen molar-refractivity contribution < 1.29 is 0 Å². The molecule has 0 spiro atoms. The fourth-order valence-corrected chi connectivity index (χ4v) is 1.80. The molecule has 1 aromatic carbocycles. The maximum absolute atomic E-state index is 5.90. The van der Waals surface area contributed by atoms with Gasteiger partial charge in [-0.25, -0.2) is 0 Å². The zero-order valence-electron chi connectivity index (χ0n) is 9.24. The van der Waals surface area contributed by atoms with Gasteiger partial charge in [-0.05, 0) is 12.5 Å². The number of benzene rings is 1. The van der Waals surface area contributed by atoms with E-state index in [1.165, 1.54) is 11.1 Å². The topological polar surface area (TPSA) is 37.8 Å². The Balaban J connectivity index is 2.09. The molecule has 88 valence electrons. The first-order valence-corrected chi connectivity index (χ1v) is 5.89. The lowest BCUT2D eigenvalue weighted by Crippen LogP contribution is -2.01. The Morgan fingerprint density at radius 1 is 1.18 bits per heavy atom. The molecular weight excluding hydrogens is 257 g/mol. The summed E-state index contributed by atoms with van der Waals surface area (Å²) in [6.07, 6.45) is 0. The van der Waals surface area contributed by atoms with E-state index in [2.05, 4.69) is 34.6 Å². The second kappa shape index (κ2) is 5.34. The zero-order valence-corrected chi connectivity index (χ0v) is 10.8. The summed E-state index contributed by atoms with van der Waals surface area (Å²) < 4.78 is 0. The highest BCUT2D eigenvalue weighted by molar-refractivity contribution is 6.33. The first kappa shape index (κ1) is 12.1. The molecule has 0 aliphatic carbocycles. The van der Waals surface area contributed by atoms with E-state index >= 15 is 0 Å². The molecule has 0 atom stereocenters. The third-order valence-corrected chi connectivity index (χ3v) is 2.75. The summed E-state index contributed by atoms with van der Waals surface area (Å²) in [5.74, 6) is 0. The monoisotopic (exact) mass is 267 g/mol. The SMILES string of the molecule is Cc1cccc(CNc2cc(Cl)nnc2Cl)c1. The van der Waals surface area contributed by atoms with Gasteiger partial charge in [-0.3, -0.25) is 0 Å². The number of aryl methyl sites for hydroxylation is 1. The van der Waals surface area contributed by atoms with Crippen LogP contribution >= 0.6 is 23.2 Å². The molecule has 3 nitrogen and oxygen atoms in total. The number of nitrogens with zero attached hydrogens (tertiary/aromatic N) is 2. The summed E-state index contributed by atoms with van der Waals surface area (Å²) in [7, 11) is 0. The van der Waals surface area contributed by atoms with Crippen molar-refractivity contribution in [3.8, 4) is 0 Å². The van der Waals surface area contributed by atoms with E-state index in [4.69, 9.17) is 23.2 Å². The molecule has 0 bridgehead atoms. The lowest BCUT2D eigenvalue weighted by Gasteiger charge is -2.08. The lowest BCUT2D eigenvalue weighted by molar-refractivity contribution is 1.02. The molecule has 0 fully saturated rings. The van der Waals surface area contributed by atoms with Crippen LogP contribution in [-0.4, -0.2) is 10.2 Å². The standard InChI is InChI=1S/C12H11Cl2N3/c1-8-3-2-4-9(5-8)7-15-10-6-11(13)16-17-12(10)14/h2-6H,7H2,1H3,(H,15,16). The van der Waals surface area contributed by atoms with Crippen LogP contribution < -0.4 is 5.32 Å². The minimum absolute atomic E-state index is 0.321. The van der Waals surface area contributed by atoms with Crippen molar-refractivity contribution in [2.45, 2.75) is 13.5 Å². The van der Waals surface area contributed by atoms with Crippen LogP contribution in [0.1, 0.15) is 11.1 Å². The predicted octanol–water partition coefficient (Wildman–Crippen LogP) is 3.70. The van der Waals surface area contributed by atoms with Crippen LogP contribution in [0.3, 0.4) is 0 Å². The highest BCUT2D eigenvalue weighted by Gasteiger charge is 2.03. The number of hydrogen-bond acceptors (Lipinski definition) is 3. The van der Waals surface area contributed by atoms with Crippen molar-refractivity contribution in [1.29, 1.82) is 0 Å². The molecule has 2 rings (SSSR count). The van der Waals surface area contributed by atoms with E-state index < -0.39 is 0 Å². The fourth-order valence-electron chi connectivity index (χ4n) is 1.50. The summed E-state index contributed by atoms with van der Waals surface area (Å²) in [4.78, 5) is 0. The van der Waals surface area contributed by atoms with Gasteiger partial charge in [0.1, 0.15) is 0 Å². The molecule has 5 heteroatoms. The van der Waals surface area contributed by atoms with E-state index in [1.54, 1.807) is 6.07 Å². The van der Waals surface area contributed by atoms with Crippen LogP contribution in [0.2, 0.25) is 10.3 Å². The van der Waals surface area contributed by atoms with Crippen LogP contribution in [0.4, 0.5) is 5.69 Å². The average molecular weight is 268 g/mol. The lowest BCUT2D eigenvalue weighted by atomic mass is 10.1. The van der Waals surface area contributed by atoms with Crippen LogP contribution in [0.5, 0.6) is 0 Å². The Hall–Kier alpha value is -1.32. The summed E-state index contributed by atoms with van der Waals surface area (Å²) >= 11 is 11.7. The molecule has 0 radical (unpaired) electrons. The molecule has 1 aromatic heterocycles. The quantitative estimate of drug-likeness (QED) is 0.922. The maximum atomic E-state index is 5.90. The molecule has 1 heterocycles. The molecule has 0 aliphatic heterocycles. The summed E-state index contributed by atoms with van der Waals surface area (Å²) in [6, 6.07) is 9.89. The molecule has 0 aliphatic rings. The van der Waals surface area contributed by atoms with Crippen molar-refractivity contribution in [1.82, 2.24) is 10.2 Å². The average Bonchev–Trinajstić information content (AvgIpc) is 2.30. The van der Waals surface area contributed by atoms with Gasteiger partial charge in [-0.1, -0.05) is 53.0 Å². The van der Waals surface area contributed by atoms with E-state index in [1.807, 2.05) is 12.1 Å². The second-order valence-electron chi connectivity index (χ2n) is 3.71. The third kappa shape index (κ3) is 3.32. The fraction of sp³-hybridized carbons (Fsp3) is 0.167. The Morgan fingerprint density at radius 2 is 2.00 bits per heavy atom. The van der Waals surface area contributed by atoms with Crippen molar-refractivity contribution in [3.05, 3.63) is 51.8 Å². The molecule has 1 N–H and O–H groups in total. The summed E-state index contributed by atoms with van der Waals surface area (Å²) in [5, 5.41) is 11.2. The van der Waals surface area contributed by atoms with Gasteiger partial charge in [0.25, 0.3) is 0 Å². The molecule has 2 aromatic rings.